The highest BCUT2D eigenvalue weighted by Gasteiger charge is 2.07. The highest BCUT2D eigenvalue weighted by molar-refractivity contribution is 5.77. The molecule has 0 heterocycles. The molecule has 0 aromatic rings. The number of hydrogen-bond acceptors (Lipinski definition) is 3. The van der Waals surface area contributed by atoms with Crippen LogP contribution in [0, 0.1) is 0 Å². The van der Waals surface area contributed by atoms with Crippen LogP contribution in [0.25, 0.3) is 0 Å². The molecule has 0 radical (unpaired) electrons. The Hall–Kier alpha value is -0.610. The van der Waals surface area contributed by atoms with E-state index in [2.05, 4.69) is 24.5 Å². The van der Waals surface area contributed by atoms with Crippen molar-refractivity contribution in [3.05, 3.63) is 0 Å². The van der Waals surface area contributed by atoms with E-state index in [-0.39, 0.29) is 5.91 Å². The van der Waals surface area contributed by atoms with E-state index >= 15 is 0 Å². The molecule has 4 nitrogen and oxygen atoms in total. The average Bonchev–Trinajstić information content (AvgIpc) is 2.12. The van der Waals surface area contributed by atoms with Crippen molar-refractivity contribution in [2.75, 3.05) is 33.7 Å². The molecule has 0 rings (SSSR count). The van der Waals surface area contributed by atoms with Crippen molar-refractivity contribution in [1.82, 2.24) is 15.5 Å². The molecule has 14 heavy (non-hydrogen) atoms. The Morgan fingerprint density at radius 3 is 2.50 bits per heavy atom. The van der Waals surface area contributed by atoms with Gasteiger partial charge in [0, 0.05) is 12.6 Å². The zero-order valence-electron chi connectivity index (χ0n) is 9.76. The summed E-state index contributed by atoms with van der Waals surface area (Å²) < 4.78 is 0. The summed E-state index contributed by atoms with van der Waals surface area (Å²) in [7, 11) is 3.87. The van der Waals surface area contributed by atoms with Crippen LogP contribution in [0.1, 0.15) is 20.3 Å². The molecule has 0 spiro atoms. The number of nitrogens with one attached hydrogen (secondary N) is 2. The van der Waals surface area contributed by atoms with Crippen LogP contribution in [-0.2, 0) is 4.79 Å². The third-order valence-electron chi connectivity index (χ3n) is 2.20. The molecule has 4 heteroatoms. The quantitative estimate of drug-likeness (QED) is 0.572. The second kappa shape index (κ2) is 7.76. The molecule has 0 aromatic heterocycles. The van der Waals surface area contributed by atoms with Crippen LogP contribution >= 0.6 is 0 Å². The Labute approximate surface area is 87.0 Å². The summed E-state index contributed by atoms with van der Waals surface area (Å²) >= 11 is 0. The summed E-state index contributed by atoms with van der Waals surface area (Å²) in [5.41, 5.74) is 0. The van der Waals surface area contributed by atoms with E-state index in [1.807, 2.05) is 19.0 Å². The fourth-order valence-corrected chi connectivity index (χ4v) is 0.958. The maximum atomic E-state index is 11.3. The van der Waals surface area contributed by atoms with Gasteiger partial charge < -0.3 is 10.6 Å². The molecule has 0 fully saturated rings. The molecular weight excluding hydrogens is 178 g/mol. The minimum Gasteiger partial charge on any atom is -0.355 e. The van der Waals surface area contributed by atoms with Crippen molar-refractivity contribution in [2.45, 2.75) is 26.3 Å². The molecule has 2 N–H and O–H groups in total. The summed E-state index contributed by atoms with van der Waals surface area (Å²) in [6.07, 6.45) is 0.980. The van der Waals surface area contributed by atoms with Gasteiger partial charge in [-0.1, -0.05) is 0 Å². The smallest absolute Gasteiger partial charge is 0.234 e. The number of rotatable bonds is 7. The lowest BCUT2D eigenvalue weighted by atomic mass is 10.3. The van der Waals surface area contributed by atoms with Crippen molar-refractivity contribution in [2.24, 2.45) is 0 Å². The van der Waals surface area contributed by atoms with Crippen LogP contribution in [0.4, 0.5) is 0 Å². The van der Waals surface area contributed by atoms with Crippen LogP contribution in [0.2, 0.25) is 0 Å². The summed E-state index contributed by atoms with van der Waals surface area (Å²) in [5.74, 6) is 0.109. The molecule has 0 aliphatic rings. The molecule has 84 valence electrons. The van der Waals surface area contributed by atoms with Gasteiger partial charge in [0.05, 0.1) is 6.54 Å². The van der Waals surface area contributed by atoms with Crippen molar-refractivity contribution in [3.63, 3.8) is 0 Å². The molecular formula is C10H23N3O. The van der Waals surface area contributed by atoms with Crippen LogP contribution < -0.4 is 10.6 Å². The number of carbonyl (C=O) groups excluding carboxylic acids is 1. The van der Waals surface area contributed by atoms with E-state index in [9.17, 15) is 4.79 Å². The van der Waals surface area contributed by atoms with E-state index in [4.69, 9.17) is 0 Å². The third kappa shape index (κ3) is 6.86. The first-order valence-electron chi connectivity index (χ1n) is 5.19. The first kappa shape index (κ1) is 13.4. The lowest BCUT2D eigenvalue weighted by Crippen LogP contribution is -2.39. The van der Waals surface area contributed by atoms with E-state index in [1.165, 1.54) is 0 Å². The van der Waals surface area contributed by atoms with Gasteiger partial charge in [0.1, 0.15) is 0 Å². The number of nitrogens with zero attached hydrogens (tertiary/aromatic N) is 1. The second-order valence-electron chi connectivity index (χ2n) is 3.82. The van der Waals surface area contributed by atoms with Crippen molar-refractivity contribution >= 4 is 5.91 Å². The Morgan fingerprint density at radius 2 is 2.00 bits per heavy atom. The van der Waals surface area contributed by atoms with Crippen LogP contribution in [-0.4, -0.2) is 50.6 Å². The largest absolute Gasteiger partial charge is 0.355 e. The maximum Gasteiger partial charge on any atom is 0.234 e. The third-order valence-corrected chi connectivity index (χ3v) is 2.20. The van der Waals surface area contributed by atoms with Crippen LogP contribution in [0.15, 0.2) is 0 Å². The highest BCUT2D eigenvalue weighted by atomic mass is 16.2. The van der Waals surface area contributed by atoms with Crippen LogP contribution in [0.3, 0.4) is 0 Å². The predicted molar refractivity (Wildman–Crippen MR) is 59.3 cm³/mol. The summed E-state index contributed by atoms with van der Waals surface area (Å²) in [5, 5.41) is 5.92. The zero-order valence-corrected chi connectivity index (χ0v) is 9.76. The molecule has 0 aliphatic carbocycles. The van der Waals surface area contributed by atoms with E-state index < -0.39 is 0 Å². The lowest BCUT2D eigenvalue weighted by molar-refractivity contribution is -0.122. The fraction of sp³-hybridized carbons (Fsp3) is 0.900. The molecule has 0 saturated heterocycles. The monoisotopic (exact) mass is 201 g/mol. The summed E-state index contributed by atoms with van der Waals surface area (Å²) in [6.45, 7) is 6.34. The topological polar surface area (TPSA) is 44.4 Å². The first-order chi connectivity index (χ1) is 6.57. The first-order valence-corrected chi connectivity index (χ1v) is 5.19. The zero-order chi connectivity index (χ0) is 11.0. The molecule has 1 amide bonds. The van der Waals surface area contributed by atoms with E-state index in [0.29, 0.717) is 12.6 Å². The second-order valence-corrected chi connectivity index (χ2v) is 3.82. The molecule has 0 saturated carbocycles. The van der Waals surface area contributed by atoms with Crippen LogP contribution in [0.5, 0.6) is 0 Å². The van der Waals surface area contributed by atoms with Gasteiger partial charge in [-0.2, -0.15) is 0 Å². The number of likely N-dealkylation sites (N-methyl/N-ethyl adjacent to an activating group) is 1. The van der Waals surface area contributed by atoms with Crippen molar-refractivity contribution in [1.29, 1.82) is 0 Å². The maximum absolute atomic E-state index is 11.3. The number of amides is 1. The molecule has 0 bridgehead atoms. The molecule has 0 unspecified atom stereocenters. The summed E-state index contributed by atoms with van der Waals surface area (Å²) in [4.78, 5) is 13.4. The number of hydrogen-bond donors (Lipinski definition) is 2. The fourth-order valence-electron chi connectivity index (χ4n) is 0.958. The van der Waals surface area contributed by atoms with Crippen molar-refractivity contribution in [3.8, 4) is 0 Å². The van der Waals surface area contributed by atoms with Gasteiger partial charge in [-0.15, -0.1) is 0 Å². The summed E-state index contributed by atoms with van der Waals surface area (Å²) in [6, 6.07) is 0.415. The molecule has 0 atom stereocenters. The highest BCUT2D eigenvalue weighted by Crippen LogP contribution is 1.91. The van der Waals surface area contributed by atoms with Gasteiger partial charge in [0.15, 0.2) is 0 Å². The lowest BCUT2D eigenvalue weighted by Gasteiger charge is -2.20. The minimum atomic E-state index is 0.109. The van der Waals surface area contributed by atoms with Gasteiger partial charge in [-0.05, 0) is 40.9 Å². The predicted octanol–water partition coefficient (Wildman–Crippen LogP) is 0.0523. The molecule has 0 aromatic carbocycles. The Balaban J connectivity index is 3.45. The van der Waals surface area contributed by atoms with Crippen molar-refractivity contribution < 1.29 is 4.79 Å². The standard InChI is InChI=1S/C10H23N3O/c1-9(2)13(4)8-10(14)12-7-5-6-11-3/h9,11H,5-8H2,1-4H3,(H,12,14). The Bertz CT molecular complexity index is 159. The SMILES string of the molecule is CNCCCNC(=O)CN(C)C(C)C. The normalized spacial score (nSPS) is 11.0. The van der Waals surface area contributed by atoms with E-state index in [1.54, 1.807) is 0 Å². The average molecular weight is 201 g/mol. The molecule has 0 aliphatic heterocycles. The van der Waals surface area contributed by atoms with Gasteiger partial charge in [-0.25, -0.2) is 0 Å². The van der Waals surface area contributed by atoms with E-state index in [0.717, 1.165) is 19.5 Å². The Morgan fingerprint density at radius 1 is 1.36 bits per heavy atom. The van der Waals surface area contributed by atoms with Gasteiger partial charge in [0.2, 0.25) is 5.91 Å². The van der Waals surface area contributed by atoms with Gasteiger partial charge in [0.25, 0.3) is 0 Å². The minimum absolute atomic E-state index is 0.109. The van der Waals surface area contributed by atoms with Gasteiger partial charge in [-0.3, -0.25) is 9.69 Å². The number of carbonyl (C=O) groups is 1. The Kier molecular flexibility index (Phi) is 7.42. The van der Waals surface area contributed by atoms with Gasteiger partial charge >= 0.3 is 0 Å².